The fraction of sp³-hybridized carbons (Fsp3) is 0.125. The first-order valence-corrected chi connectivity index (χ1v) is 7.72. The zero-order valence-corrected chi connectivity index (χ0v) is 14.1. The van der Waals surface area contributed by atoms with Gasteiger partial charge in [0.15, 0.2) is 0 Å². The van der Waals surface area contributed by atoms with Crippen molar-refractivity contribution >= 4 is 38.4 Å². The molecule has 0 saturated carbocycles. The third-order valence-corrected chi connectivity index (χ3v) is 4.21. The van der Waals surface area contributed by atoms with Gasteiger partial charge in [-0.15, -0.1) is 0 Å². The molecule has 0 N–H and O–H groups in total. The number of aromatic nitrogens is 2. The molecule has 0 atom stereocenters. The predicted octanol–water partition coefficient (Wildman–Crippen LogP) is 3.87. The molecule has 0 aliphatic carbocycles. The van der Waals surface area contributed by atoms with Gasteiger partial charge in [0, 0.05) is 5.02 Å². The third kappa shape index (κ3) is 2.87. The highest BCUT2D eigenvalue weighted by Gasteiger charge is 2.07. The molecule has 0 unspecified atom stereocenters. The molecule has 0 spiro atoms. The minimum atomic E-state index is -0.112. The van der Waals surface area contributed by atoms with E-state index in [1.54, 1.807) is 36.2 Å². The van der Waals surface area contributed by atoms with Gasteiger partial charge in [-0.1, -0.05) is 17.7 Å². The van der Waals surface area contributed by atoms with Gasteiger partial charge in [0.25, 0.3) is 5.56 Å². The zero-order chi connectivity index (χ0) is 15.7. The van der Waals surface area contributed by atoms with Crippen LogP contribution in [0.4, 0.5) is 0 Å². The molecule has 22 heavy (non-hydrogen) atoms. The smallest absolute Gasteiger partial charge is 0.261 e. The minimum absolute atomic E-state index is 0.112. The van der Waals surface area contributed by atoms with E-state index < -0.39 is 0 Å². The van der Waals surface area contributed by atoms with Crippen LogP contribution in [-0.2, 0) is 6.54 Å². The van der Waals surface area contributed by atoms with Crippen LogP contribution in [0.25, 0.3) is 10.9 Å². The average molecular weight is 380 g/mol. The second kappa shape index (κ2) is 6.10. The summed E-state index contributed by atoms with van der Waals surface area (Å²) in [6.07, 6.45) is 1.55. The van der Waals surface area contributed by atoms with Gasteiger partial charge in [0.05, 0.1) is 35.4 Å². The number of ether oxygens (including phenoxy) is 1. The second-order valence-electron chi connectivity index (χ2n) is 4.81. The standard InChI is InChI=1S/C16H12BrClN2O2/c1-22-15-5-2-10(6-13(15)17)8-20-9-19-14-4-3-11(18)7-12(14)16(20)21/h2-7,9H,8H2,1H3. The highest BCUT2D eigenvalue weighted by Crippen LogP contribution is 2.25. The largest absolute Gasteiger partial charge is 0.496 e. The molecule has 112 valence electrons. The number of methoxy groups -OCH3 is 1. The molecule has 6 heteroatoms. The Labute approximate surface area is 140 Å². The number of hydrogen-bond donors (Lipinski definition) is 0. The fourth-order valence-corrected chi connectivity index (χ4v) is 3.01. The number of nitrogens with zero attached hydrogens (tertiary/aromatic N) is 2. The van der Waals surface area contributed by atoms with E-state index in [0.29, 0.717) is 22.5 Å². The van der Waals surface area contributed by atoms with Crippen LogP contribution in [0.1, 0.15) is 5.56 Å². The fourth-order valence-electron chi connectivity index (χ4n) is 2.25. The molecular weight excluding hydrogens is 368 g/mol. The van der Waals surface area contributed by atoms with Crippen LogP contribution < -0.4 is 10.3 Å². The Morgan fingerprint density at radius 1 is 1.27 bits per heavy atom. The van der Waals surface area contributed by atoms with Crippen LogP contribution in [0.15, 0.2) is 52.0 Å². The molecule has 3 rings (SSSR count). The van der Waals surface area contributed by atoms with Crippen molar-refractivity contribution in [3.05, 3.63) is 68.1 Å². The molecular formula is C16H12BrClN2O2. The lowest BCUT2D eigenvalue weighted by Gasteiger charge is -2.09. The molecule has 4 nitrogen and oxygen atoms in total. The van der Waals surface area contributed by atoms with E-state index >= 15 is 0 Å². The molecule has 0 saturated heterocycles. The maximum Gasteiger partial charge on any atom is 0.261 e. The van der Waals surface area contributed by atoms with Gasteiger partial charge in [-0.2, -0.15) is 0 Å². The van der Waals surface area contributed by atoms with Crippen LogP contribution in [0.3, 0.4) is 0 Å². The molecule has 1 aromatic heterocycles. The lowest BCUT2D eigenvalue weighted by molar-refractivity contribution is 0.412. The molecule has 1 heterocycles. The highest BCUT2D eigenvalue weighted by molar-refractivity contribution is 9.10. The maximum absolute atomic E-state index is 12.5. The first kappa shape index (κ1) is 15.1. The molecule has 0 fully saturated rings. The quantitative estimate of drug-likeness (QED) is 0.694. The van der Waals surface area contributed by atoms with E-state index in [4.69, 9.17) is 16.3 Å². The van der Waals surface area contributed by atoms with Crippen molar-refractivity contribution in [3.8, 4) is 5.75 Å². The van der Waals surface area contributed by atoms with Gasteiger partial charge in [0.1, 0.15) is 5.75 Å². The summed E-state index contributed by atoms with van der Waals surface area (Å²) in [6.45, 7) is 0.427. The minimum Gasteiger partial charge on any atom is -0.496 e. The summed E-state index contributed by atoms with van der Waals surface area (Å²) in [4.78, 5) is 16.8. The molecule has 3 aromatic rings. The molecule has 2 aromatic carbocycles. The topological polar surface area (TPSA) is 44.1 Å². The zero-order valence-electron chi connectivity index (χ0n) is 11.7. The van der Waals surface area contributed by atoms with E-state index in [1.807, 2.05) is 18.2 Å². The monoisotopic (exact) mass is 378 g/mol. The van der Waals surface area contributed by atoms with Gasteiger partial charge in [-0.05, 0) is 51.8 Å². The van der Waals surface area contributed by atoms with Crippen LogP contribution in [0.2, 0.25) is 5.02 Å². The lowest BCUT2D eigenvalue weighted by atomic mass is 10.2. The second-order valence-corrected chi connectivity index (χ2v) is 6.10. The van der Waals surface area contributed by atoms with Crippen molar-refractivity contribution in [2.24, 2.45) is 0 Å². The van der Waals surface area contributed by atoms with Crippen molar-refractivity contribution in [1.82, 2.24) is 9.55 Å². The highest BCUT2D eigenvalue weighted by atomic mass is 79.9. The Kier molecular flexibility index (Phi) is 4.18. The first-order chi connectivity index (χ1) is 10.6. The number of halogens is 2. The molecule has 0 aliphatic rings. The summed E-state index contributed by atoms with van der Waals surface area (Å²) in [6, 6.07) is 10.8. The van der Waals surface area contributed by atoms with E-state index in [-0.39, 0.29) is 5.56 Å². The summed E-state index contributed by atoms with van der Waals surface area (Å²) in [5.41, 5.74) is 1.50. The van der Waals surface area contributed by atoms with E-state index in [0.717, 1.165) is 15.8 Å². The van der Waals surface area contributed by atoms with Crippen molar-refractivity contribution in [2.45, 2.75) is 6.54 Å². The van der Waals surface area contributed by atoms with Crippen molar-refractivity contribution in [2.75, 3.05) is 7.11 Å². The first-order valence-electron chi connectivity index (χ1n) is 6.55. The average Bonchev–Trinajstić information content (AvgIpc) is 2.51. The van der Waals surface area contributed by atoms with Gasteiger partial charge >= 0.3 is 0 Å². The summed E-state index contributed by atoms with van der Waals surface area (Å²) in [7, 11) is 1.61. The van der Waals surface area contributed by atoms with E-state index in [2.05, 4.69) is 20.9 Å². The molecule has 0 radical (unpaired) electrons. The van der Waals surface area contributed by atoms with Crippen molar-refractivity contribution in [3.63, 3.8) is 0 Å². The Morgan fingerprint density at radius 3 is 2.82 bits per heavy atom. The molecule has 0 bridgehead atoms. The van der Waals surface area contributed by atoms with Crippen LogP contribution >= 0.6 is 27.5 Å². The SMILES string of the molecule is COc1ccc(Cn2cnc3ccc(Cl)cc3c2=O)cc1Br. The Balaban J connectivity index is 2.02. The van der Waals surface area contributed by atoms with Gasteiger partial charge in [0.2, 0.25) is 0 Å². The summed E-state index contributed by atoms with van der Waals surface area (Å²) in [5, 5.41) is 1.04. The normalized spacial score (nSPS) is 10.9. The van der Waals surface area contributed by atoms with Crippen LogP contribution in [-0.4, -0.2) is 16.7 Å². The maximum atomic E-state index is 12.5. The Hall–Kier alpha value is -1.85. The Morgan fingerprint density at radius 2 is 2.09 bits per heavy atom. The van der Waals surface area contributed by atoms with Gasteiger partial charge in [-0.25, -0.2) is 4.98 Å². The third-order valence-electron chi connectivity index (χ3n) is 3.36. The van der Waals surface area contributed by atoms with E-state index in [1.165, 1.54) is 0 Å². The number of fused-ring (bicyclic) bond motifs is 1. The predicted molar refractivity (Wildman–Crippen MR) is 90.8 cm³/mol. The van der Waals surface area contributed by atoms with Gasteiger partial charge < -0.3 is 4.74 Å². The van der Waals surface area contributed by atoms with Crippen molar-refractivity contribution in [1.29, 1.82) is 0 Å². The Bertz CT molecular complexity index is 908. The van der Waals surface area contributed by atoms with Crippen LogP contribution in [0, 0.1) is 0 Å². The summed E-state index contributed by atoms with van der Waals surface area (Å²) in [5.74, 6) is 0.750. The number of hydrogen-bond acceptors (Lipinski definition) is 3. The number of benzene rings is 2. The molecule has 0 aliphatic heterocycles. The number of rotatable bonds is 3. The van der Waals surface area contributed by atoms with E-state index in [9.17, 15) is 4.79 Å². The van der Waals surface area contributed by atoms with Gasteiger partial charge in [-0.3, -0.25) is 9.36 Å². The molecule has 0 amide bonds. The lowest BCUT2D eigenvalue weighted by Crippen LogP contribution is -2.21. The summed E-state index contributed by atoms with van der Waals surface area (Å²) < 4.78 is 7.61. The van der Waals surface area contributed by atoms with Crippen molar-refractivity contribution < 1.29 is 4.74 Å². The summed E-state index contributed by atoms with van der Waals surface area (Å²) >= 11 is 9.40. The van der Waals surface area contributed by atoms with Crippen LogP contribution in [0.5, 0.6) is 5.75 Å².